The Labute approximate surface area is 78.2 Å². The summed E-state index contributed by atoms with van der Waals surface area (Å²) in [6.45, 7) is 4.05. The molecule has 3 heteroatoms. The highest BCUT2D eigenvalue weighted by molar-refractivity contribution is 6.17. The van der Waals surface area contributed by atoms with Crippen molar-refractivity contribution in [2.24, 2.45) is 0 Å². The molecule has 0 saturated heterocycles. The van der Waals surface area contributed by atoms with Crippen LogP contribution in [0.15, 0.2) is 12.4 Å². The predicted octanol–water partition coefficient (Wildman–Crippen LogP) is 2.86. The zero-order valence-electron chi connectivity index (χ0n) is 6.60. The number of nitrogens with zero attached hydrogens (tertiary/aromatic N) is 1. The van der Waals surface area contributed by atoms with Crippen molar-refractivity contribution in [2.75, 3.05) is 0 Å². The van der Waals surface area contributed by atoms with Gasteiger partial charge in [-0.1, -0.05) is 0 Å². The van der Waals surface area contributed by atoms with E-state index in [0.717, 1.165) is 0 Å². The molecule has 0 bridgehead atoms. The largest absolute Gasteiger partial charge is 0.264 e. The lowest BCUT2D eigenvalue weighted by molar-refractivity contribution is 1.15. The van der Waals surface area contributed by atoms with E-state index in [1.807, 2.05) is 26.2 Å². The molecule has 0 N–H and O–H groups in total. The van der Waals surface area contributed by atoms with Gasteiger partial charge in [0.25, 0.3) is 0 Å². The fraction of sp³-hybridized carbons (Fsp3) is 0.375. The van der Waals surface area contributed by atoms with Gasteiger partial charge < -0.3 is 0 Å². The van der Waals surface area contributed by atoms with E-state index < -0.39 is 0 Å². The lowest BCUT2D eigenvalue weighted by Crippen LogP contribution is -1.90. The molecule has 1 nitrogen and oxygen atoms in total. The second-order valence-electron chi connectivity index (χ2n) is 2.39. The number of alkyl halides is 1. The zero-order chi connectivity index (χ0) is 7.56. The second-order valence-corrected chi connectivity index (χ2v) is 2.65. The minimum absolute atomic E-state index is 0. The van der Waals surface area contributed by atoms with Crippen LogP contribution < -0.4 is 0 Å². The third-order valence-electron chi connectivity index (χ3n) is 1.62. The SMILES string of the molecule is Cc1cncc(C)c1CCl.Cl. The van der Waals surface area contributed by atoms with Crippen LogP contribution in [-0.4, -0.2) is 4.98 Å². The number of hydrogen-bond donors (Lipinski definition) is 0. The number of hydrogen-bond acceptors (Lipinski definition) is 1. The van der Waals surface area contributed by atoms with Crippen LogP contribution in [0.3, 0.4) is 0 Å². The van der Waals surface area contributed by atoms with Crippen LogP contribution >= 0.6 is 24.0 Å². The van der Waals surface area contributed by atoms with Gasteiger partial charge in [0, 0.05) is 18.3 Å². The van der Waals surface area contributed by atoms with Crippen molar-refractivity contribution >= 4 is 24.0 Å². The summed E-state index contributed by atoms with van der Waals surface area (Å²) < 4.78 is 0. The fourth-order valence-electron chi connectivity index (χ4n) is 0.938. The van der Waals surface area contributed by atoms with Gasteiger partial charge in [-0.15, -0.1) is 24.0 Å². The average molecular weight is 192 g/mol. The van der Waals surface area contributed by atoms with Crippen molar-refractivity contribution < 1.29 is 0 Å². The first kappa shape index (κ1) is 10.7. The Hall–Kier alpha value is -0.270. The van der Waals surface area contributed by atoms with E-state index in [0.29, 0.717) is 5.88 Å². The van der Waals surface area contributed by atoms with Gasteiger partial charge in [-0.2, -0.15) is 0 Å². The molecule has 1 aromatic rings. The van der Waals surface area contributed by atoms with E-state index in [4.69, 9.17) is 11.6 Å². The molecule has 0 aliphatic heterocycles. The molecule has 0 spiro atoms. The topological polar surface area (TPSA) is 12.9 Å². The standard InChI is InChI=1S/C8H10ClN.ClH/c1-6-4-10-5-7(2)8(6)3-9;/h4-5H,3H2,1-2H3;1H. The van der Waals surface area contributed by atoms with Crippen molar-refractivity contribution in [1.29, 1.82) is 0 Å². The zero-order valence-corrected chi connectivity index (χ0v) is 8.17. The van der Waals surface area contributed by atoms with Crippen molar-refractivity contribution in [3.05, 3.63) is 29.1 Å². The monoisotopic (exact) mass is 191 g/mol. The van der Waals surface area contributed by atoms with Gasteiger partial charge in [0.2, 0.25) is 0 Å². The van der Waals surface area contributed by atoms with Gasteiger partial charge in [-0.3, -0.25) is 4.98 Å². The molecule has 62 valence electrons. The van der Waals surface area contributed by atoms with Gasteiger partial charge in [0.15, 0.2) is 0 Å². The van der Waals surface area contributed by atoms with E-state index in [1.54, 1.807) is 0 Å². The minimum atomic E-state index is 0. The number of aromatic nitrogens is 1. The summed E-state index contributed by atoms with van der Waals surface area (Å²) in [4.78, 5) is 4.03. The Bertz CT molecular complexity index is 215. The van der Waals surface area contributed by atoms with E-state index in [2.05, 4.69) is 4.98 Å². The molecule has 0 saturated carbocycles. The summed E-state index contributed by atoms with van der Waals surface area (Å²) in [6.07, 6.45) is 3.68. The summed E-state index contributed by atoms with van der Waals surface area (Å²) in [5.74, 6) is 0.584. The van der Waals surface area contributed by atoms with Crippen LogP contribution in [-0.2, 0) is 5.88 Å². The van der Waals surface area contributed by atoms with Gasteiger partial charge in [-0.05, 0) is 30.5 Å². The van der Waals surface area contributed by atoms with Crippen LogP contribution in [0.2, 0.25) is 0 Å². The molecule has 1 heterocycles. The number of aryl methyl sites for hydroxylation is 2. The van der Waals surface area contributed by atoms with E-state index in [-0.39, 0.29) is 12.4 Å². The highest BCUT2D eigenvalue weighted by atomic mass is 35.5. The maximum absolute atomic E-state index is 5.71. The number of pyridine rings is 1. The molecule has 11 heavy (non-hydrogen) atoms. The molecule has 1 rings (SSSR count). The summed E-state index contributed by atoms with van der Waals surface area (Å²) in [5.41, 5.74) is 3.56. The Morgan fingerprint density at radius 2 is 1.73 bits per heavy atom. The number of rotatable bonds is 1. The highest BCUT2D eigenvalue weighted by Crippen LogP contribution is 2.13. The predicted molar refractivity (Wildman–Crippen MR) is 50.5 cm³/mol. The van der Waals surface area contributed by atoms with Crippen molar-refractivity contribution in [3.63, 3.8) is 0 Å². The first-order valence-corrected chi connectivity index (χ1v) is 3.75. The smallest absolute Gasteiger partial charge is 0.0480 e. The highest BCUT2D eigenvalue weighted by Gasteiger charge is 1.98. The molecule has 0 fully saturated rings. The Morgan fingerprint density at radius 1 is 1.27 bits per heavy atom. The summed E-state index contributed by atoms with van der Waals surface area (Å²) in [7, 11) is 0. The van der Waals surface area contributed by atoms with E-state index in [9.17, 15) is 0 Å². The molecule has 1 aromatic heterocycles. The van der Waals surface area contributed by atoms with Crippen LogP contribution in [0.4, 0.5) is 0 Å². The molecule has 0 aliphatic carbocycles. The van der Waals surface area contributed by atoms with Gasteiger partial charge in [0.05, 0.1) is 0 Å². The van der Waals surface area contributed by atoms with Gasteiger partial charge in [0.1, 0.15) is 0 Å². The summed E-state index contributed by atoms with van der Waals surface area (Å²) in [6, 6.07) is 0. The molecule has 0 amide bonds. The maximum atomic E-state index is 5.71. The molecule has 0 radical (unpaired) electrons. The second kappa shape index (κ2) is 4.58. The molecule has 0 aliphatic rings. The Balaban J connectivity index is 0.000001000. The van der Waals surface area contributed by atoms with Crippen molar-refractivity contribution in [2.45, 2.75) is 19.7 Å². The normalized spacial score (nSPS) is 9.00. The molecule has 0 atom stereocenters. The summed E-state index contributed by atoms with van der Waals surface area (Å²) >= 11 is 5.71. The Kier molecular flexibility index (Phi) is 4.46. The molecular formula is C8H11Cl2N. The quantitative estimate of drug-likeness (QED) is 0.623. The van der Waals surface area contributed by atoms with E-state index >= 15 is 0 Å². The molecule has 0 unspecified atom stereocenters. The van der Waals surface area contributed by atoms with Gasteiger partial charge >= 0.3 is 0 Å². The first-order chi connectivity index (χ1) is 4.75. The maximum Gasteiger partial charge on any atom is 0.0480 e. The average Bonchev–Trinajstić information content (AvgIpc) is 1.88. The summed E-state index contributed by atoms with van der Waals surface area (Å²) in [5, 5.41) is 0. The molecule has 0 aromatic carbocycles. The van der Waals surface area contributed by atoms with Crippen LogP contribution in [0, 0.1) is 13.8 Å². The third-order valence-corrected chi connectivity index (χ3v) is 1.89. The van der Waals surface area contributed by atoms with Crippen LogP contribution in [0.1, 0.15) is 16.7 Å². The lowest BCUT2D eigenvalue weighted by atomic mass is 10.1. The Morgan fingerprint density at radius 3 is 2.00 bits per heavy atom. The minimum Gasteiger partial charge on any atom is -0.264 e. The van der Waals surface area contributed by atoms with Crippen LogP contribution in [0.5, 0.6) is 0 Å². The van der Waals surface area contributed by atoms with Crippen LogP contribution in [0.25, 0.3) is 0 Å². The molecular weight excluding hydrogens is 181 g/mol. The van der Waals surface area contributed by atoms with Gasteiger partial charge in [-0.25, -0.2) is 0 Å². The lowest BCUT2D eigenvalue weighted by Gasteiger charge is -2.03. The fourth-order valence-corrected chi connectivity index (χ4v) is 1.36. The van der Waals surface area contributed by atoms with E-state index in [1.165, 1.54) is 16.7 Å². The third kappa shape index (κ3) is 2.35. The van der Waals surface area contributed by atoms with Crippen molar-refractivity contribution in [3.8, 4) is 0 Å². The first-order valence-electron chi connectivity index (χ1n) is 3.21. The number of halogens is 2. The van der Waals surface area contributed by atoms with Crippen molar-refractivity contribution in [1.82, 2.24) is 4.98 Å².